The molecule has 0 aliphatic carbocycles. The number of aryl methyl sites for hydroxylation is 1. The van der Waals surface area contributed by atoms with Crippen LogP contribution in [0, 0.1) is 6.92 Å². The van der Waals surface area contributed by atoms with E-state index in [0.717, 1.165) is 21.1 Å². The molecule has 0 unspecified atom stereocenters. The number of methoxy groups -OCH3 is 1. The van der Waals surface area contributed by atoms with E-state index in [1.807, 2.05) is 43.3 Å². The van der Waals surface area contributed by atoms with Gasteiger partial charge in [-0.25, -0.2) is 0 Å². The molecule has 0 amide bonds. The fourth-order valence-electron chi connectivity index (χ4n) is 1.57. The Morgan fingerprint density at radius 3 is 2.44 bits per heavy atom. The van der Waals surface area contributed by atoms with Crippen LogP contribution in [-0.4, -0.2) is 7.11 Å². The van der Waals surface area contributed by atoms with Crippen molar-refractivity contribution in [3.05, 3.63) is 47.0 Å². The predicted molar refractivity (Wildman–Crippen MR) is 77.7 cm³/mol. The van der Waals surface area contributed by atoms with Crippen molar-refractivity contribution in [1.82, 2.24) is 0 Å². The van der Waals surface area contributed by atoms with Gasteiger partial charge in [-0.2, -0.15) is 0 Å². The van der Waals surface area contributed by atoms with Crippen molar-refractivity contribution in [2.45, 2.75) is 16.7 Å². The number of nitrogen functional groups attached to an aromatic ring is 1. The molecule has 2 aromatic rings. The predicted octanol–water partition coefficient (Wildman–Crippen LogP) is 4.39. The van der Waals surface area contributed by atoms with Crippen LogP contribution < -0.4 is 10.5 Å². The normalized spacial score (nSPS) is 10.4. The summed E-state index contributed by atoms with van der Waals surface area (Å²) in [6, 6.07) is 11.7. The average Bonchev–Trinajstić information content (AvgIpc) is 2.37. The van der Waals surface area contributed by atoms with E-state index in [9.17, 15) is 0 Å². The summed E-state index contributed by atoms with van der Waals surface area (Å²) in [6.07, 6.45) is 0. The van der Waals surface area contributed by atoms with Gasteiger partial charge in [0.25, 0.3) is 0 Å². The van der Waals surface area contributed by atoms with Gasteiger partial charge in [-0.3, -0.25) is 0 Å². The molecule has 2 rings (SSSR count). The van der Waals surface area contributed by atoms with Crippen LogP contribution in [0.2, 0.25) is 5.02 Å². The molecule has 4 heteroatoms. The molecule has 0 atom stereocenters. The number of ether oxygens (including phenoxy) is 1. The molecule has 2 nitrogen and oxygen atoms in total. The third-order valence-corrected chi connectivity index (χ3v) is 4.08. The van der Waals surface area contributed by atoms with Crippen LogP contribution in [0.1, 0.15) is 5.56 Å². The highest BCUT2D eigenvalue weighted by Crippen LogP contribution is 2.35. The molecular weight excluding hydrogens is 266 g/mol. The molecule has 18 heavy (non-hydrogen) atoms. The highest BCUT2D eigenvalue weighted by molar-refractivity contribution is 7.99. The van der Waals surface area contributed by atoms with E-state index < -0.39 is 0 Å². The van der Waals surface area contributed by atoms with Crippen molar-refractivity contribution in [3.63, 3.8) is 0 Å². The SMILES string of the molecule is COc1ccc(Sc2cc(Cl)c(N)cc2C)cc1. The first-order chi connectivity index (χ1) is 8.60. The van der Waals surface area contributed by atoms with Gasteiger partial charge < -0.3 is 10.5 Å². The fourth-order valence-corrected chi connectivity index (χ4v) is 2.72. The van der Waals surface area contributed by atoms with E-state index >= 15 is 0 Å². The van der Waals surface area contributed by atoms with Crippen molar-refractivity contribution in [2.24, 2.45) is 0 Å². The van der Waals surface area contributed by atoms with Crippen LogP contribution in [0.25, 0.3) is 0 Å². The molecule has 94 valence electrons. The number of hydrogen-bond donors (Lipinski definition) is 1. The van der Waals surface area contributed by atoms with Crippen LogP contribution >= 0.6 is 23.4 Å². The van der Waals surface area contributed by atoms with E-state index in [1.54, 1.807) is 18.9 Å². The summed E-state index contributed by atoms with van der Waals surface area (Å²) in [5, 5.41) is 0.594. The number of nitrogens with two attached hydrogens (primary N) is 1. The first-order valence-electron chi connectivity index (χ1n) is 5.47. The van der Waals surface area contributed by atoms with Crippen LogP contribution in [0.15, 0.2) is 46.2 Å². The molecule has 0 aromatic heterocycles. The third-order valence-electron chi connectivity index (χ3n) is 2.58. The molecule has 0 saturated heterocycles. The van der Waals surface area contributed by atoms with Gasteiger partial charge in [-0.15, -0.1) is 0 Å². The first kappa shape index (κ1) is 13.1. The van der Waals surface area contributed by atoms with Crippen molar-refractivity contribution in [1.29, 1.82) is 0 Å². The standard InChI is InChI=1S/C14H14ClNOS/c1-9-7-13(16)12(15)8-14(9)18-11-5-3-10(17-2)4-6-11/h3-8H,16H2,1-2H3. The van der Waals surface area contributed by atoms with E-state index in [2.05, 4.69) is 0 Å². The van der Waals surface area contributed by atoms with Crippen molar-refractivity contribution >= 4 is 29.1 Å². The largest absolute Gasteiger partial charge is 0.497 e. The monoisotopic (exact) mass is 279 g/mol. The van der Waals surface area contributed by atoms with E-state index in [0.29, 0.717) is 10.7 Å². The Morgan fingerprint density at radius 1 is 1.17 bits per heavy atom. The molecule has 2 aromatic carbocycles. The maximum atomic E-state index is 6.04. The Kier molecular flexibility index (Phi) is 4.04. The summed E-state index contributed by atoms with van der Waals surface area (Å²) in [5.41, 5.74) is 7.50. The van der Waals surface area contributed by atoms with E-state index in [1.165, 1.54) is 0 Å². The summed E-state index contributed by atoms with van der Waals surface area (Å²) in [7, 11) is 1.66. The average molecular weight is 280 g/mol. The molecule has 0 heterocycles. The quantitative estimate of drug-likeness (QED) is 0.846. The van der Waals surface area contributed by atoms with Gasteiger partial charge in [0.1, 0.15) is 5.75 Å². The van der Waals surface area contributed by atoms with Crippen molar-refractivity contribution < 1.29 is 4.74 Å². The van der Waals surface area contributed by atoms with Gasteiger partial charge >= 0.3 is 0 Å². The molecule has 2 N–H and O–H groups in total. The third kappa shape index (κ3) is 2.92. The minimum atomic E-state index is 0.594. The summed E-state index contributed by atoms with van der Waals surface area (Å²) in [4.78, 5) is 2.25. The number of anilines is 1. The lowest BCUT2D eigenvalue weighted by Crippen LogP contribution is -1.89. The second-order valence-electron chi connectivity index (χ2n) is 3.92. The zero-order chi connectivity index (χ0) is 13.1. The Labute approximate surface area is 116 Å². The zero-order valence-corrected chi connectivity index (χ0v) is 11.8. The molecule has 0 saturated carbocycles. The van der Waals surface area contributed by atoms with Crippen molar-refractivity contribution in [2.75, 3.05) is 12.8 Å². The van der Waals surface area contributed by atoms with Gasteiger partial charge in [0.15, 0.2) is 0 Å². The maximum absolute atomic E-state index is 6.04. The summed E-state index contributed by atoms with van der Waals surface area (Å²) in [5.74, 6) is 0.853. The highest BCUT2D eigenvalue weighted by atomic mass is 35.5. The zero-order valence-electron chi connectivity index (χ0n) is 10.2. The Bertz CT molecular complexity index is 554. The number of rotatable bonds is 3. The summed E-state index contributed by atoms with van der Waals surface area (Å²) < 4.78 is 5.13. The molecular formula is C14H14ClNOS. The van der Waals surface area contributed by atoms with Crippen molar-refractivity contribution in [3.8, 4) is 5.75 Å². The lowest BCUT2D eigenvalue weighted by Gasteiger charge is -2.08. The van der Waals surface area contributed by atoms with Gasteiger partial charge in [0.05, 0.1) is 17.8 Å². The molecule has 0 radical (unpaired) electrons. The van der Waals surface area contributed by atoms with E-state index in [-0.39, 0.29) is 0 Å². The molecule has 0 aliphatic heterocycles. The minimum absolute atomic E-state index is 0.594. The molecule has 0 bridgehead atoms. The molecule has 0 fully saturated rings. The Balaban J connectivity index is 2.25. The second-order valence-corrected chi connectivity index (χ2v) is 5.44. The maximum Gasteiger partial charge on any atom is 0.118 e. The van der Waals surface area contributed by atoms with Gasteiger partial charge in [-0.05, 0) is 48.9 Å². The lowest BCUT2D eigenvalue weighted by molar-refractivity contribution is 0.414. The van der Waals surface area contributed by atoms with Gasteiger partial charge in [0, 0.05) is 9.79 Å². The van der Waals surface area contributed by atoms with Crippen LogP contribution in [0.4, 0.5) is 5.69 Å². The Hall–Kier alpha value is -1.32. The second kappa shape index (κ2) is 5.55. The number of halogens is 1. The fraction of sp³-hybridized carbons (Fsp3) is 0.143. The van der Waals surface area contributed by atoms with E-state index in [4.69, 9.17) is 22.1 Å². The van der Waals surface area contributed by atoms with Crippen LogP contribution in [-0.2, 0) is 0 Å². The topological polar surface area (TPSA) is 35.2 Å². The number of hydrogen-bond acceptors (Lipinski definition) is 3. The van der Waals surface area contributed by atoms with Gasteiger partial charge in [-0.1, -0.05) is 23.4 Å². The van der Waals surface area contributed by atoms with Gasteiger partial charge in [0.2, 0.25) is 0 Å². The first-order valence-corrected chi connectivity index (χ1v) is 6.67. The van der Waals surface area contributed by atoms with Crippen LogP contribution in [0.3, 0.4) is 0 Å². The smallest absolute Gasteiger partial charge is 0.118 e. The molecule has 0 aliphatic rings. The van der Waals surface area contributed by atoms with Crippen LogP contribution in [0.5, 0.6) is 5.75 Å². The minimum Gasteiger partial charge on any atom is -0.497 e. The summed E-state index contributed by atoms with van der Waals surface area (Å²) >= 11 is 7.70. The highest BCUT2D eigenvalue weighted by Gasteiger charge is 2.05. The number of benzene rings is 2. The summed E-state index contributed by atoms with van der Waals surface area (Å²) in [6.45, 7) is 2.03. The Morgan fingerprint density at radius 2 is 1.83 bits per heavy atom. The molecule has 0 spiro atoms. The lowest BCUT2D eigenvalue weighted by atomic mass is 10.2.